The number of carbonyl (C=O) groups excluding carboxylic acids is 8. The van der Waals surface area contributed by atoms with Crippen LogP contribution in [-0.2, 0) is 56.0 Å². The minimum atomic E-state index is -1.29. The van der Waals surface area contributed by atoms with Crippen molar-refractivity contribution in [3.8, 4) is 11.5 Å². The van der Waals surface area contributed by atoms with Crippen molar-refractivity contribution >= 4 is 70.9 Å². The highest BCUT2D eigenvalue weighted by Gasteiger charge is 2.44. The van der Waals surface area contributed by atoms with Gasteiger partial charge in [0.15, 0.2) is 5.96 Å². The lowest BCUT2D eigenvalue weighted by atomic mass is 10.0. The number of carboxylic acids is 1. The van der Waals surface area contributed by atoms with E-state index < -0.39 is 102 Å². The van der Waals surface area contributed by atoms with Gasteiger partial charge in [0.25, 0.3) is 0 Å². The summed E-state index contributed by atoms with van der Waals surface area (Å²) in [6.07, 6.45) is 4.48. The number of carbonyl (C=O) groups is 9. The van der Waals surface area contributed by atoms with Crippen molar-refractivity contribution in [2.45, 2.75) is 139 Å². The predicted octanol–water partition coefficient (Wildman–Crippen LogP) is -0.824. The molecule has 0 unspecified atom stereocenters. The largest absolute Gasteiger partial charge is 0.508 e. The molecule has 0 aliphatic carbocycles. The van der Waals surface area contributed by atoms with Gasteiger partial charge < -0.3 is 73.8 Å². The molecule has 25 heteroatoms. The molecule has 0 bridgehead atoms. The highest BCUT2D eigenvalue weighted by Crippen LogP contribution is 2.25. The zero-order valence-electron chi connectivity index (χ0n) is 44.0. The van der Waals surface area contributed by atoms with Gasteiger partial charge >= 0.3 is 5.97 Å². The van der Waals surface area contributed by atoms with Gasteiger partial charge in [-0.05, 0) is 118 Å². The Kier molecular flexibility index (Phi) is 23.2. The minimum Gasteiger partial charge on any atom is -0.508 e. The molecule has 3 saturated heterocycles. The maximum absolute atomic E-state index is 14.9. The van der Waals surface area contributed by atoms with Crippen LogP contribution in [0.1, 0.15) is 89.2 Å². The lowest BCUT2D eigenvalue weighted by molar-refractivity contribution is -0.146. The van der Waals surface area contributed by atoms with E-state index in [1.165, 1.54) is 50.7 Å². The van der Waals surface area contributed by atoms with Gasteiger partial charge in [-0.1, -0.05) is 38.1 Å². The molecule has 2 aromatic carbocycles. The summed E-state index contributed by atoms with van der Waals surface area (Å²) in [7, 11) is 0. The number of benzene rings is 2. The van der Waals surface area contributed by atoms with Gasteiger partial charge in [-0.25, -0.2) is 4.79 Å². The Balaban J connectivity index is 1.32. The summed E-state index contributed by atoms with van der Waals surface area (Å²) in [6, 6.07) is 3.13. The standard InChI is InChI=1S/C52H76N12O12S/c1-30(2)26-37(48(72)62-22-6-10-41(62)46(70)59-36(51(75)76)8-4-21-56-52(54)55)61-47(71)42-11-7-24-64(42)50(74)39(28-32-14-18-34(66)19-15-32)60-44(68)35(20-25-77-3)58-45(69)40-9-5-23-63(40)49(73)38(57-43(67)29-53)27-31-12-16-33(65)17-13-31/h12-19,30,35-42,65-66H,4-11,20-29,53H2,1-3H3,(H,57,67)(H,58,69)(H,59,70)(H,60,68)(H,61,71)(H,75,76)(H4,54,55,56)/t35-,36-,37-,38-,39-,40-,41-,42-/m0/s1. The van der Waals surface area contributed by atoms with Crippen LogP contribution >= 0.6 is 11.8 Å². The monoisotopic (exact) mass is 1090 g/mol. The van der Waals surface area contributed by atoms with E-state index >= 15 is 0 Å². The van der Waals surface area contributed by atoms with E-state index in [9.17, 15) is 58.5 Å². The lowest BCUT2D eigenvalue weighted by Gasteiger charge is -2.33. The van der Waals surface area contributed by atoms with Crippen LogP contribution in [0.15, 0.2) is 53.5 Å². The van der Waals surface area contributed by atoms with Crippen LogP contribution in [0.5, 0.6) is 11.5 Å². The second-order valence-electron chi connectivity index (χ2n) is 20.1. The van der Waals surface area contributed by atoms with Crippen molar-refractivity contribution < 1.29 is 58.5 Å². The number of guanidine groups is 1. The zero-order valence-corrected chi connectivity index (χ0v) is 44.8. The summed E-state index contributed by atoms with van der Waals surface area (Å²) >= 11 is 1.42. The van der Waals surface area contributed by atoms with E-state index in [4.69, 9.17) is 17.2 Å². The average Bonchev–Trinajstić information content (AvgIpc) is 4.21. The number of aliphatic imine (C=N–C) groups is 1. The molecular weight excluding hydrogens is 1020 g/mol. The first-order valence-corrected chi connectivity index (χ1v) is 27.6. The minimum absolute atomic E-state index is 0.0169. The first-order valence-electron chi connectivity index (χ1n) is 26.2. The van der Waals surface area contributed by atoms with E-state index in [1.807, 2.05) is 20.1 Å². The SMILES string of the molecule is CSCC[C@H](NC(=O)[C@@H]1CCCN1C(=O)[C@H](Cc1ccc(O)cc1)NC(=O)CN)C(=O)N[C@@H](Cc1ccc(O)cc1)C(=O)N1CCC[C@H]1C(=O)N[C@@H](CC(C)C)C(=O)N1CCC[C@H]1C(=O)N[C@@H](CCCN=C(N)N)C(=O)O. The molecule has 2 aromatic rings. The molecule has 3 aliphatic rings. The van der Waals surface area contributed by atoms with Crippen LogP contribution in [-0.4, -0.2) is 182 Å². The molecule has 8 amide bonds. The highest BCUT2D eigenvalue weighted by atomic mass is 32.2. The highest BCUT2D eigenvalue weighted by molar-refractivity contribution is 7.98. The number of nitrogens with two attached hydrogens (primary N) is 3. The van der Waals surface area contributed by atoms with E-state index in [1.54, 1.807) is 24.3 Å². The number of carboxylic acid groups (broad SMARTS) is 1. The molecule has 422 valence electrons. The third kappa shape index (κ3) is 17.7. The Hall–Kier alpha value is -7.15. The smallest absolute Gasteiger partial charge is 0.326 e. The van der Waals surface area contributed by atoms with Gasteiger partial charge in [0.1, 0.15) is 59.8 Å². The van der Waals surface area contributed by atoms with Crippen molar-refractivity contribution in [1.29, 1.82) is 0 Å². The molecule has 3 aliphatic heterocycles. The number of thioether (sulfide) groups is 1. The fourth-order valence-corrected chi connectivity index (χ4v) is 10.4. The molecule has 0 saturated carbocycles. The normalized spacial score (nSPS) is 19.1. The molecule has 5 rings (SSSR count). The van der Waals surface area contributed by atoms with Crippen molar-refractivity contribution in [1.82, 2.24) is 41.3 Å². The Labute approximate surface area is 452 Å². The number of phenols is 2. The van der Waals surface area contributed by atoms with Gasteiger partial charge in [0.2, 0.25) is 47.3 Å². The van der Waals surface area contributed by atoms with E-state index in [2.05, 4.69) is 31.6 Å². The Bertz CT molecular complexity index is 2430. The number of hydrogen-bond donors (Lipinski definition) is 11. The number of aliphatic carboxylic acids is 1. The Morgan fingerprint density at radius 1 is 0.623 bits per heavy atom. The number of rotatable bonds is 27. The number of nitrogens with zero attached hydrogens (tertiary/aromatic N) is 4. The second-order valence-corrected chi connectivity index (χ2v) is 21.1. The number of amides is 8. The van der Waals surface area contributed by atoms with Gasteiger partial charge in [-0.15, -0.1) is 0 Å². The van der Waals surface area contributed by atoms with Gasteiger partial charge in [-0.3, -0.25) is 43.3 Å². The van der Waals surface area contributed by atoms with E-state index in [0.717, 1.165) is 0 Å². The Morgan fingerprint density at radius 3 is 1.47 bits per heavy atom. The molecule has 14 N–H and O–H groups in total. The van der Waals surface area contributed by atoms with Crippen molar-refractivity contribution in [2.75, 3.05) is 44.7 Å². The number of likely N-dealkylation sites (tertiary alicyclic amines) is 3. The zero-order chi connectivity index (χ0) is 56.3. The quantitative estimate of drug-likeness (QED) is 0.0296. The molecule has 8 atom stereocenters. The average molecular weight is 1090 g/mol. The maximum Gasteiger partial charge on any atom is 0.326 e. The van der Waals surface area contributed by atoms with Crippen molar-refractivity contribution in [2.24, 2.45) is 28.1 Å². The predicted molar refractivity (Wildman–Crippen MR) is 287 cm³/mol. The molecular formula is C52H76N12O12S. The molecule has 77 heavy (non-hydrogen) atoms. The summed E-state index contributed by atoms with van der Waals surface area (Å²) < 4.78 is 0. The molecule has 0 aromatic heterocycles. The topological polar surface area (TPSA) is 375 Å². The summed E-state index contributed by atoms with van der Waals surface area (Å²) in [6.45, 7) is 4.01. The first-order chi connectivity index (χ1) is 36.7. The third-order valence-electron chi connectivity index (χ3n) is 13.8. The lowest BCUT2D eigenvalue weighted by Crippen LogP contribution is -2.60. The molecule has 0 spiro atoms. The van der Waals surface area contributed by atoms with Crippen molar-refractivity contribution in [3.05, 3.63) is 59.7 Å². The molecule has 3 fully saturated rings. The first kappa shape index (κ1) is 60.7. The van der Waals surface area contributed by atoms with E-state index in [0.29, 0.717) is 36.1 Å². The van der Waals surface area contributed by atoms with Gasteiger partial charge in [0, 0.05) is 39.0 Å². The van der Waals surface area contributed by atoms with E-state index in [-0.39, 0.29) is 114 Å². The van der Waals surface area contributed by atoms with Gasteiger partial charge in [0.05, 0.1) is 6.54 Å². The Morgan fingerprint density at radius 2 is 1.05 bits per heavy atom. The van der Waals surface area contributed by atoms with Crippen LogP contribution < -0.4 is 43.8 Å². The fraction of sp³-hybridized carbons (Fsp3) is 0.577. The summed E-state index contributed by atoms with van der Waals surface area (Å²) in [5.74, 6) is -5.97. The molecule has 3 heterocycles. The van der Waals surface area contributed by atoms with Gasteiger partial charge in [-0.2, -0.15) is 11.8 Å². The second kappa shape index (κ2) is 29.4. The summed E-state index contributed by atoms with van der Waals surface area (Å²) in [5.41, 5.74) is 17.5. The fourth-order valence-electron chi connectivity index (χ4n) is 9.93. The summed E-state index contributed by atoms with van der Waals surface area (Å²) in [5, 5.41) is 43.5. The third-order valence-corrected chi connectivity index (χ3v) is 14.5. The van der Waals surface area contributed by atoms with Crippen LogP contribution in [0.4, 0.5) is 0 Å². The number of nitrogens with one attached hydrogen (secondary N) is 5. The summed E-state index contributed by atoms with van der Waals surface area (Å²) in [4.78, 5) is 133. The molecule has 0 radical (unpaired) electrons. The number of phenolic OH excluding ortho intramolecular Hbond substituents is 2. The number of hydrogen-bond acceptors (Lipinski definition) is 14. The number of aromatic hydroxyl groups is 2. The van der Waals surface area contributed by atoms with Crippen molar-refractivity contribution in [3.63, 3.8) is 0 Å². The van der Waals surface area contributed by atoms with Crippen LogP contribution in [0.3, 0.4) is 0 Å². The molecule has 24 nitrogen and oxygen atoms in total. The maximum atomic E-state index is 14.9. The van der Waals surface area contributed by atoms with Crippen LogP contribution in [0.2, 0.25) is 0 Å². The van der Waals surface area contributed by atoms with Crippen LogP contribution in [0.25, 0.3) is 0 Å². The van der Waals surface area contributed by atoms with Crippen LogP contribution in [0, 0.1) is 5.92 Å².